The second-order valence-electron chi connectivity index (χ2n) is 3.60. The summed E-state index contributed by atoms with van der Waals surface area (Å²) in [5.74, 6) is -0.607. The van der Waals surface area contributed by atoms with Gasteiger partial charge < -0.3 is 14.8 Å². The third-order valence-corrected chi connectivity index (χ3v) is 2.38. The third kappa shape index (κ3) is 4.22. The minimum absolute atomic E-state index is 0.143. The molecule has 0 aliphatic rings. The Morgan fingerprint density at radius 3 is 2.79 bits per heavy atom. The number of methoxy groups -OCH3 is 1. The second kappa shape index (κ2) is 7.32. The van der Waals surface area contributed by atoms with Crippen molar-refractivity contribution < 1.29 is 19.2 Å². The smallest absolute Gasteiger partial charge is 0.338 e. The van der Waals surface area contributed by atoms with E-state index in [1.807, 2.05) is 6.92 Å². The average molecular weight is 268 g/mol. The number of ether oxygens (including phenoxy) is 2. The number of nitrogens with zero attached hydrogens (tertiary/aromatic N) is 1. The van der Waals surface area contributed by atoms with E-state index in [0.717, 1.165) is 0 Å². The molecular formula is C12H16N2O5. The maximum atomic E-state index is 11.3. The molecular weight excluding hydrogens is 252 g/mol. The Morgan fingerprint density at radius 2 is 2.21 bits per heavy atom. The lowest BCUT2D eigenvalue weighted by Crippen LogP contribution is -2.11. The first kappa shape index (κ1) is 14.9. The second-order valence-corrected chi connectivity index (χ2v) is 3.60. The van der Waals surface area contributed by atoms with E-state index in [2.05, 4.69) is 10.1 Å². The summed E-state index contributed by atoms with van der Waals surface area (Å²) in [6.45, 7) is 3.36. The average Bonchev–Trinajstić information content (AvgIpc) is 2.42. The summed E-state index contributed by atoms with van der Waals surface area (Å²) in [6.07, 6.45) is 0. The standard InChI is InChI=1S/C12H16N2O5/c1-3-19-7-6-13-10-5-4-9(12(15)18-2)8-11(10)14(16)17/h4-5,8,13H,3,6-7H2,1-2H3. The number of carbonyl (C=O) groups excluding carboxylic acids is 1. The van der Waals surface area contributed by atoms with Crippen molar-refractivity contribution in [3.05, 3.63) is 33.9 Å². The van der Waals surface area contributed by atoms with Crippen molar-refractivity contribution in [2.45, 2.75) is 6.92 Å². The van der Waals surface area contributed by atoms with E-state index in [1.165, 1.54) is 25.3 Å². The van der Waals surface area contributed by atoms with Gasteiger partial charge in [-0.1, -0.05) is 0 Å². The molecule has 0 aliphatic heterocycles. The molecule has 7 nitrogen and oxygen atoms in total. The van der Waals surface area contributed by atoms with Crippen LogP contribution in [0.2, 0.25) is 0 Å². The van der Waals surface area contributed by atoms with Crippen molar-refractivity contribution >= 4 is 17.3 Å². The highest BCUT2D eigenvalue weighted by molar-refractivity contribution is 5.91. The van der Waals surface area contributed by atoms with Gasteiger partial charge in [-0.05, 0) is 19.1 Å². The number of rotatable bonds is 7. The Hall–Kier alpha value is -2.15. The summed E-state index contributed by atoms with van der Waals surface area (Å²) in [6, 6.07) is 4.15. The van der Waals surface area contributed by atoms with Crippen LogP contribution in [0.25, 0.3) is 0 Å². The maximum Gasteiger partial charge on any atom is 0.338 e. The molecule has 0 aliphatic carbocycles. The molecule has 0 atom stereocenters. The van der Waals surface area contributed by atoms with Crippen LogP contribution in [0.4, 0.5) is 11.4 Å². The van der Waals surface area contributed by atoms with E-state index in [9.17, 15) is 14.9 Å². The van der Waals surface area contributed by atoms with Crippen molar-refractivity contribution in [1.29, 1.82) is 0 Å². The lowest BCUT2D eigenvalue weighted by Gasteiger charge is -2.08. The number of carbonyl (C=O) groups is 1. The van der Waals surface area contributed by atoms with Crippen molar-refractivity contribution in [2.24, 2.45) is 0 Å². The number of anilines is 1. The van der Waals surface area contributed by atoms with Crippen molar-refractivity contribution in [2.75, 3.05) is 32.2 Å². The molecule has 0 spiro atoms. The molecule has 1 N–H and O–H groups in total. The van der Waals surface area contributed by atoms with Gasteiger partial charge in [-0.25, -0.2) is 4.79 Å². The molecule has 7 heteroatoms. The molecule has 0 bridgehead atoms. The lowest BCUT2D eigenvalue weighted by atomic mass is 10.1. The fourth-order valence-electron chi connectivity index (χ4n) is 1.48. The minimum Gasteiger partial charge on any atom is -0.465 e. The molecule has 0 amide bonds. The molecule has 1 rings (SSSR count). The minimum atomic E-state index is -0.607. The fourth-order valence-corrected chi connectivity index (χ4v) is 1.48. The Bertz CT molecular complexity index is 461. The molecule has 1 aromatic carbocycles. The van der Waals surface area contributed by atoms with Gasteiger partial charge in [0.25, 0.3) is 5.69 Å². The topological polar surface area (TPSA) is 90.7 Å². The molecule has 0 saturated carbocycles. The monoisotopic (exact) mass is 268 g/mol. The summed E-state index contributed by atoms with van der Waals surface area (Å²) in [5.41, 5.74) is 0.321. The SMILES string of the molecule is CCOCCNc1ccc(C(=O)OC)cc1[N+](=O)[O-]. The zero-order valence-electron chi connectivity index (χ0n) is 10.8. The highest BCUT2D eigenvalue weighted by atomic mass is 16.6. The van der Waals surface area contributed by atoms with E-state index in [-0.39, 0.29) is 11.3 Å². The van der Waals surface area contributed by atoms with Crippen molar-refractivity contribution in [3.63, 3.8) is 0 Å². The molecule has 19 heavy (non-hydrogen) atoms. The predicted octanol–water partition coefficient (Wildman–Crippen LogP) is 1.83. The van der Waals surface area contributed by atoms with Gasteiger partial charge in [0.15, 0.2) is 0 Å². The van der Waals surface area contributed by atoms with E-state index in [4.69, 9.17) is 4.74 Å². The number of hydrogen-bond acceptors (Lipinski definition) is 6. The van der Waals surface area contributed by atoms with Crippen molar-refractivity contribution in [1.82, 2.24) is 0 Å². The van der Waals surface area contributed by atoms with Crippen molar-refractivity contribution in [3.8, 4) is 0 Å². The van der Waals surface area contributed by atoms with Crippen LogP contribution in [-0.4, -0.2) is 37.8 Å². The van der Waals surface area contributed by atoms with Crippen LogP contribution in [0.1, 0.15) is 17.3 Å². The zero-order chi connectivity index (χ0) is 14.3. The molecule has 0 unspecified atom stereocenters. The van der Waals surface area contributed by atoms with Crippen LogP contribution in [0, 0.1) is 10.1 Å². The first-order valence-corrected chi connectivity index (χ1v) is 5.78. The Kier molecular flexibility index (Phi) is 5.74. The molecule has 0 saturated heterocycles. The third-order valence-electron chi connectivity index (χ3n) is 2.38. The summed E-state index contributed by atoms with van der Waals surface area (Å²) in [5, 5.41) is 13.9. The van der Waals surface area contributed by atoms with E-state index in [1.54, 1.807) is 0 Å². The van der Waals surface area contributed by atoms with Crippen LogP contribution >= 0.6 is 0 Å². The number of nitro benzene ring substituents is 1. The van der Waals surface area contributed by atoms with Gasteiger partial charge in [-0.2, -0.15) is 0 Å². The quantitative estimate of drug-likeness (QED) is 0.351. The van der Waals surface area contributed by atoms with Gasteiger partial charge in [0.05, 0.1) is 24.2 Å². The zero-order valence-corrected chi connectivity index (χ0v) is 10.8. The van der Waals surface area contributed by atoms with Gasteiger partial charge in [0.1, 0.15) is 5.69 Å². The molecule has 0 fully saturated rings. The van der Waals surface area contributed by atoms with Crippen LogP contribution in [-0.2, 0) is 9.47 Å². The Labute approximate surface area is 110 Å². The maximum absolute atomic E-state index is 11.3. The number of nitro groups is 1. The Morgan fingerprint density at radius 1 is 1.47 bits per heavy atom. The van der Waals surface area contributed by atoms with Crippen LogP contribution in [0.3, 0.4) is 0 Å². The number of hydrogen-bond donors (Lipinski definition) is 1. The molecule has 0 heterocycles. The van der Waals surface area contributed by atoms with Gasteiger partial charge in [0, 0.05) is 19.2 Å². The van der Waals surface area contributed by atoms with Crippen LogP contribution in [0.5, 0.6) is 0 Å². The lowest BCUT2D eigenvalue weighted by molar-refractivity contribution is -0.384. The van der Waals surface area contributed by atoms with E-state index >= 15 is 0 Å². The molecule has 0 radical (unpaired) electrons. The highest BCUT2D eigenvalue weighted by Crippen LogP contribution is 2.25. The van der Waals surface area contributed by atoms with E-state index in [0.29, 0.717) is 25.4 Å². The van der Waals surface area contributed by atoms with Crippen LogP contribution in [0.15, 0.2) is 18.2 Å². The van der Waals surface area contributed by atoms with E-state index < -0.39 is 10.9 Å². The van der Waals surface area contributed by atoms with Gasteiger partial charge >= 0.3 is 5.97 Å². The molecule has 1 aromatic rings. The fraction of sp³-hybridized carbons (Fsp3) is 0.417. The summed E-state index contributed by atoms with van der Waals surface area (Å²) < 4.78 is 9.65. The van der Waals surface area contributed by atoms with Gasteiger partial charge in [0.2, 0.25) is 0 Å². The normalized spacial score (nSPS) is 10.0. The predicted molar refractivity (Wildman–Crippen MR) is 69.4 cm³/mol. The number of esters is 1. The molecule has 0 aromatic heterocycles. The number of nitrogens with one attached hydrogen (secondary N) is 1. The summed E-state index contributed by atoms with van der Waals surface area (Å²) in [4.78, 5) is 21.7. The first-order chi connectivity index (χ1) is 9.10. The van der Waals surface area contributed by atoms with Gasteiger partial charge in [-0.15, -0.1) is 0 Å². The van der Waals surface area contributed by atoms with Gasteiger partial charge in [-0.3, -0.25) is 10.1 Å². The van der Waals surface area contributed by atoms with Crippen LogP contribution < -0.4 is 5.32 Å². The highest BCUT2D eigenvalue weighted by Gasteiger charge is 2.17. The molecule has 104 valence electrons. The number of benzene rings is 1. The summed E-state index contributed by atoms with van der Waals surface area (Å²) in [7, 11) is 1.22. The Balaban J connectivity index is 2.86. The summed E-state index contributed by atoms with van der Waals surface area (Å²) >= 11 is 0. The first-order valence-electron chi connectivity index (χ1n) is 5.78. The largest absolute Gasteiger partial charge is 0.465 e.